The summed E-state index contributed by atoms with van der Waals surface area (Å²) in [6, 6.07) is 4.34. The van der Waals surface area contributed by atoms with E-state index in [1.54, 1.807) is 25.1 Å². The van der Waals surface area contributed by atoms with Crippen LogP contribution in [0.1, 0.15) is 0 Å². The van der Waals surface area contributed by atoms with Crippen LogP contribution in [-0.4, -0.2) is 29.2 Å². The molecule has 2 N–H and O–H groups in total. The smallest absolute Gasteiger partial charge is 0.292 e. The Hall–Kier alpha value is -2.64. The van der Waals surface area contributed by atoms with Gasteiger partial charge in [0.25, 0.3) is 17.5 Å². The molecule has 1 aromatic carbocycles. The fourth-order valence-corrected chi connectivity index (χ4v) is 1.35. The molecule has 8 nitrogen and oxygen atoms in total. The number of nitrogen functional groups attached to an aromatic ring is 1. The predicted molar refractivity (Wildman–Crippen MR) is 65.1 cm³/mol. The second-order valence-electron chi connectivity index (χ2n) is 3.82. The SMILES string of the molecule is CN(C)c1noc(-c2ccc(N)c([N+](=O)[O-])c2)n1. The predicted octanol–water partition coefficient (Wildman–Crippen LogP) is 1.29. The summed E-state index contributed by atoms with van der Waals surface area (Å²) < 4.78 is 5.02. The lowest BCUT2D eigenvalue weighted by molar-refractivity contribution is -0.383. The number of nitro groups is 1. The van der Waals surface area contributed by atoms with Crippen LogP contribution in [0.15, 0.2) is 22.7 Å². The van der Waals surface area contributed by atoms with E-state index in [0.29, 0.717) is 11.5 Å². The molecule has 0 atom stereocenters. The number of aromatic nitrogens is 2. The summed E-state index contributed by atoms with van der Waals surface area (Å²) in [6.07, 6.45) is 0. The molecule has 0 aliphatic heterocycles. The van der Waals surface area contributed by atoms with Crippen LogP contribution in [0.3, 0.4) is 0 Å². The van der Waals surface area contributed by atoms with E-state index in [2.05, 4.69) is 10.1 Å². The Morgan fingerprint density at radius 2 is 2.17 bits per heavy atom. The van der Waals surface area contributed by atoms with Crippen molar-refractivity contribution in [3.8, 4) is 11.5 Å². The summed E-state index contributed by atoms with van der Waals surface area (Å²) in [6.45, 7) is 0. The Morgan fingerprint density at radius 3 is 2.72 bits per heavy atom. The van der Waals surface area contributed by atoms with E-state index < -0.39 is 4.92 Å². The average Bonchev–Trinajstić information content (AvgIpc) is 2.78. The van der Waals surface area contributed by atoms with Gasteiger partial charge in [-0.15, -0.1) is 0 Å². The largest absolute Gasteiger partial charge is 0.393 e. The zero-order chi connectivity index (χ0) is 13.3. The van der Waals surface area contributed by atoms with Gasteiger partial charge in [-0.2, -0.15) is 4.98 Å². The Kier molecular flexibility index (Phi) is 2.84. The van der Waals surface area contributed by atoms with Gasteiger partial charge in [-0.1, -0.05) is 0 Å². The molecule has 1 heterocycles. The Morgan fingerprint density at radius 1 is 1.44 bits per heavy atom. The van der Waals surface area contributed by atoms with E-state index in [1.807, 2.05) is 0 Å². The van der Waals surface area contributed by atoms with Crippen molar-refractivity contribution in [2.24, 2.45) is 0 Å². The molecule has 0 saturated heterocycles. The molecular weight excluding hydrogens is 238 g/mol. The summed E-state index contributed by atoms with van der Waals surface area (Å²) in [7, 11) is 3.53. The lowest BCUT2D eigenvalue weighted by atomic mass is 10.2. The van der Waals surface area contributed by atoms with Crippen molar-refractivity contribution in [3.63, 3.8) is 0 Å². The maximum atomic E-state index is 10.8. The number of hydrogen-bond acceptors (Lipinski definition) is 7. The lowest BCUT2D eigenvalue weighted by Gasteiger charge is -2.02. The van der Waals surface area contributed by atoms with Crippen molar-refractivity contribution in [1.82, 2.24) is 10.1 Å². The van der Waals surface area contributed by atoms with Gasteiger partial charge in [0.1, 0.15) is 5.69 Å². The second-order valence-corrected chi connectivity index (χ2v) is 3.82. The minimum absolute atomic E-state index is 0.0936. The third-order valence-electron chi connectivity index (χ3n) is 2.29. The maximum absolute atomic E-state index is 10.8. The number of hydrogen-bond donors (Lipinski definition) is 1. The molecule has 0 bridgehead atoms. The van der Waals surface area contributed by atoms with E-state index in [0.717, 1.165) is 0 Å². The number of nitrogens with two attached hydrogens (primary N) is 1. The van der Waals surface area contributed by atoms with Crippen molar-refractivity contribution in [2.45, 2.75) is 0 Å². The quantitative estimate of drug-likeness (QED) is 0.495. The van der Waals surface area contributed by atoms with E-state index >= 15 is 0 Å². The highest BCUT2D eigenvalue weighted by Gasteiger charge is 2.16. The van der Waals surface area contributed by atoms with E-state index in [1.165, 1.54) is 12.1 Å². The first kappa shape index (κ1) is 11.8. The average molecular weight is 249 g/mol. The summed E-state index contributed by atoms with van der Waals surface area (Å²) >= 11 is 0. The van der Waals surface area contributed by atoms with Crippen molar-refractivity contribution in [3.05, 3.63) is 28.3 Å². The molecule has 0 amide bonds. The van der Waals surface area contributed by atoms with Crippen molar-refractivity contribution < 1.29 is 9.45 Å². The zero-order valence-corrected chi connectivity index (χ0v) is 9.82. The molecule has 94 valence electrons. The highest BCUT2D eigenvalue weighted by Crippen LogP contribution is 2.28. The van der Waals surface area contributed by atoms with Crippen molar-refractivity contribution in [2.75, 3.05) is 24.7 Å². The maximum Gasteiger partial charge on any atom is 0.292 e. The monoisotopic (exact) mass is 249 g/mol. The highest BCUT2D eigenvalue weighted by molar-refractivity contribution is 5.68. The standard InChI is InChI=1S/C10H11N5O3/c1-14(2)10-12-9(18-13-10)6-3-4-7(11)8(5-6)15(16)17/h3-5H,11H2,1-2H3. The minimum atomic E-state index is -0.554. The van der Waals surface area contributed by atoms with Gasteiger partial charge < -0.3 is 15.2 Å². The number of anilines is 2. The van der Waals surface area contributed by atoms with Gasteiger partial charge >= 0.3 is 0 Å². The molecule has 2 aromatic rings. The molecule has 0 radical (unpaired) electrons. The molecule has 0 saturated carbocycles. The number of nitro benzene ring substituents is 1. The molecule has 0 spiro atoms. The van der Waals surface area contributed by atoms with Gasteiger partial charge in [-0.05, 0) is 17.3 Å². The first-order valence-electron chi connectivity index (χ1n) is 5.04. The highest BCUT2D eigenvalue weighted by atomic mass is 16.6. The van der Waals surface area contributed by atoms with Crippen LogP contribution in [0.25, 0.3) is 11.5 Å². The molecule has 0 fully saturated rings. The van der Waals surface area contributed by atoms with Crippen molar-refractivity contribution >= 4 is 17.3 Å². The van der Waals surface area contributed by atoms with Crippen LogP contribution in [0.2, 0.25) is 0 Å². The van der Waals surface area contributed by atoms with E-state index in [4.69, 9.17) is 10.3 Å². The number of benzene rings is 1. The molecule has 0 aliphatic carbocycles. The molecule has 8 heteroatoms. The second kappa shape index (κ2) is 4.32. The summed E-state index contributed by atoms with van der Waals surface area (Å²) in [5.74, 6) is 0.603. The molecule has 18 heavy (non-hydrogen) atoms. The summed E-state index contributed by atoms with van der Waals surface area (Å²) in [5.41, 5.74) is 5.87. The van der Waals surface area contributed by atoms with Gasteiger partial charge in [0.2, 0.25) is 0 Å². The Bertz CT molecular complexity index is 593. The molecular formula is C10H11N5O3. The number of rotatable bonds is 3. The molecule has 0 aliphatic rings. The summed E-state index contributed by atoms with van der Waals surface area (Å²) in [4.78, 5) is 16.0. The summed E-state index contributed by atoms with van der Waals surface area (Å²) in [5, 5.41) is 14.5. The number of nitrogens with zero attached hydrogens (tertiary/aromatic N) is 4. The Labute approximate surface area is 102 Å². The first-order chi connectivity index (χ1) is 8.49. The van der Waals surface area contributed by atoms with Crippen LogP contribution in [-0.2, 0) is 0 Å². The van der Waals surface area contributed by atoms with Crippen LogP contribution in [0.4, 0.5) is 17.3 Å². The third kappa shape index (κ3) is 2.08. The Balaban J connectivity index is 2.44. The first-order valence-corrected chi connectivity index (χ1v) is 5.04. The minimum Gasteiger partial charge on any atom is -0.393 e. The zero-order valence-electron chi connectivity index (χ0n) is 9.82. The van der Waals surface area contributed by atoms with Gasteiger partial charge in [0.15, 0.2) is 0 Å². The van der Waals surface area contributed by atoms with Crippen LogP contribution in [0, 0.1) is 10.1 Å². The van der Waals surface area contributed by atoms with E-state index in [-0.39, 0.29) is 17.3 Å². The molecule has 1 aromatic heterocycles. The fourth-order valence-electron chi connectivity index (χ4n) is 1.35. The lowest BCUT2D eigenvalue weighted by Crippen LogP contribution is -2.10. The fraction of sp³-hybridized carbons (Fsp3) is 0.200. The van der Waals surface area contributed by atoms with Gasteiger partial charge in [-0.3, -0.25) is 10.1 Å². The van der Waals surface area contributed by atoms with Crippen LogP contribution in [0.5, 0.6) is 0 Å². The third-order valence-corrected chi connectivity index (χ3v) is 2.29. The van der Waals surface area contributed by atoms with Gasteiger partial charge in [-0.25, -0.2) is 0 Å². The molecule has 2 rings (SSSR count). The van der Waals surface area contributed by atoms with Crippen molar-refractivity contribution in [1.29, 1.82) is 0 Å². The normalized spacial score (nSPS) is 10.3. The van der Waals surface area contributed by atoms with Crippen LogP contribution >= 0.6 is 0 Å². The topological polar surface area (TPSA) is 111 Å². The van der Waals surface area contributed by atoms with Crippen LogP contribution < -0.4 is 10.6 Å². The van der Waals surface area contributed by atoms with Gasteiger partial charge in [0.05, 0.1) is 4.92 Å². The molecule has 0 unspecified atom stereocenters. The van der Waals surface area contributed by atoms with Gasteiger partial charge in [0, 0.05) is 25.7 Å². The van der Waals surface area contributed by atoms with E-state index in [9.17, 15) is 10.1 Å².